The van der Waals surface area contributed by atoms with Crippen molar-refractivity contribution in [2.24, 2.45) is 0 Å². The van der Waals surface area contributed by atoms with E-state index < -0.39 is 24.7 Å². The Hall–Kier alpha value is -1.31. The summed E-state index contributed by atoms with van der Waals surface area (Å²) in [5.74, 6) is -0.714. The molecule has 1 saturated heterocycles. The van der Waals surface area contributed by atoms with Crippen molar-refractivity contribution in [1.29, 1.82) is 0 Å². The highest BCUT2D eigenvalue weighted by atomic mass is 19.4. The Kier molecular flexibility index (Phi) is 6.25. The molecular weight excluding hydrogens is 275 g/mol. The van der Waals surface area contributed by atoms with E-state index >= 15 is 0 Å². The van der Waals surface area contributed by atoms with Crippen molar-refractivity contribution in [3.8, 4) is 0 Å². The van der Waals surface area contributed by atoms with Gasteiger partial charge in [-0.05, 0) is 19.8 Å². The number of hydrogen-bond acceptors (Lipinski definition) is 3. The predicted molar refractivity (Wildman–Crippen MR) is 67.0 cm³/mol. The second kappa shape index (κ2) is 7.47. The number of alkyl halides is 3. The topological polar surface area (TPSA) is 61.4 Å². The fourth-order valence-corrected chi connectivity index (χ4v) is 1.95. The zero-order chi connectivity index (χ0) is 15.2. The molecule has 1 fully saturated rings. The number of carbonyl (C=O) groups is 2. The summed E-state index contributed by atoms with van der Waals surface area (Å²) in [6.07, 6.45) is -2.15. The fourth-order valence-electron chi connectivity index (χ4n) is 1.95. The van der Waals surface area contributed by atoms with Crippen LogP contribution in [0.5, 0.6) is 0 Å². The van der Waals surface area contributed by atoms with E-state index in [2.05, 4.69) is 5.32 Å². The molecule has 1 rings (SSSR count). The van der Waals surface area contributed by atoms with Crippen molar-refractivity contribution in [1.82, 2.24) is 15.5 Å². The normalized spacial score (nSPS) is 17.1. The third kappa shape index (κ3) is 6.23. The molecule has 0 bridgehead atoms. The molecule has 0 radical (unpaired) electrons. The Labute approximate surface area is 115 Å². The van der Waals surface area contributed by atoms with Gasteiger partial charge in [-0.15, -0.1) is 0 Å². The quantitative estimate of drug-likeness (QED) is 0.756. The number of nitrogens with zero attached hydrogens (tertiary/aromatic N) is 1. The first-order chi connectivity index (χ1) is 9.29. The molecule has 1 aliphatic rings. The van der Waals surface area contributed by atoms with Crippen molar-refractivity contribution in [3.05, 3.63) is 0 Å². The summed E-state index contributed by atoms with van der Waals surface area (Å²) >= 11 is 0. The number of likely N-dealkylation sites (tertiary alicyclic amines) is 1. The van der Waals surface area contributed by atoms with Gasteiger partial charge in [0.15, 0.2) is 0 Å². The summed E-state index contributed by atoms with van der Waals surface area (Å²) in [5, 5.41) is 4.54. The van der Waals surface area contributed by atoms with E-state index in [1.165, 1.54) is 6.92 Å². The van der Waals surface area contributed by atoms with Crippen LogP contribution in [-0.4, -0.2) is 55.1 Å². The fraction of sp³-hybridized carbons (Fsp3) is 0.833. The number of hydrogen-bond donors (Lipinski definition) is 2. The van der Waals surface area contributed by atoms with Gasteiger partial charge in [-0.1, -0.05) is 0 Å². The number of carbonyl (C=O) groups excluding carboxylic acids is 2. The van der Waals surface area contributed by atoms with E-state index in [9.17, 15) is 22.8 Å². The van der Waals surface area contributed by atoms with Crippen LogP contribution in [0.4, 0.5) is 13.2 Å². The highest BCUT2D eigenvalue weighted by molar-refractivity contribution is 5.81. The smallest absolute Gasteiger partial charge is 0.346 e. The summed E-state index contributed by atoms with van der Waals surface area (Å²) in [6, 6.07) is -0.760. The predicted octanol–water partition coefficient (Wildman–Crippen LogP) is 0.655. The second-order valence-electron chi connectivity index (χ2n) is 4.85. The molecule has 0 aromatic heterocycles. The first-order valence-corrected chi connectivity index (χ1v) is 6.65. The molecule has 0 aromatic carbocycles. The van der Waals surface area contributed by atoms with Crippen molar-refractivity contribution in [2.45, 2.75) is 38.4 Å². The van der Waals surface area contributed by atoms with E-state index in [1.807, 2.05) is 0 Å². The summed E-state index contributed by atoms with van der Waals surface area (Å²) in [4.78, 5) is 24.8. The van der Waals surface area contributed by atoms with E-state index in [0.29, 0.717) is 0 Å². The Bertz CT molecular complexity index is 341. The Morgan fingerprint density at radius 2 is 1.85 bits per heavy atom. The molecule has 0 spiro atoms. The van der Waals surface area contributed by atoms with Crippen LogP contribution in [-0.2, 0) is 9.59 Å². The van der Waals surface area contributed by atoms with Crippen LogP contribution >= 0.6 is 0 Å². The van der Waals surface area contributed by atoms with E-state index in [4.69, 9.17) is 0 Å². The molecule has 2 amide bonds. The number of nitrogens with one attached hydrogen (secondary N) is 2. The lowest BCUT2D eigenvalue weighted by molar-refractivity contribution is -0.139. The van der Waals surface area contributed by atoms with Crippen molar-refractivity contribution >= 4 is 11.8 Å². The minimum absolute atomic E-state index is 0.0119. The molecule has 116 valence electrons. The summed E-state index contributed by atoms with van der Waals surface area (Å²) in [6.45, 7) is 1.92. The SMILES string of the molecule is CC(NCCC(=O)N1CCCC1)C(=O)NCC(F)(F)F. The van der Waals surface area contributed by atoms with Crippen LogP contribution in [0.15, 0.2) is 0 Å². The van der Waals surface area contributed by atoms with Crippen LogP contribution < -0.4 is 10.6 Å². The lowest BCUT2D eigenvalue weighted by atomic mass is 10.3. The van der Waals surface area contributed by atoms with E-state index in [1.54, 1.807) is 10.2 Å². The maximum atomic E-state index is 11.9. The monoisotopic (exact) mass is 295 g/mol. The third-order valence-electron chi connectivity index (χ3n) is 3.10. The summed E-state index contributed by atoms with van der Waals surface area (Å²) in [5.41, 5.74) is 0. The highest BCUT2D eigenvalue weighted by Gasteiger charge is 2.28. The molecule has 20 heavy (non-hydrogen) atoms. The van der Waals surface area contributed by atoms with Crippen LogP contribution in [0.2, 0.25) is 0 Å². The van der Waals surface area contributed by atoms with E-state index in [-0.39, 0.29) is 18.9 Å². The zero-order valence-corrected chi connectivity index (χ0v) is 11.4. The molecule has 1 aliphatic heterocycles. The Morgan fingerprint density at radius 3 is 2.40 bits per heavy atom. The molecule has 0 saturated carbocycles. The Balaban J connectivity index is 2.17. The van der Waals surface area contributed by atoms with Crippen LogP contribution in [0.3, 0.4) is 0 Å². The van der Waals surface area contributed by atoms with Gasteiger partial charge in [-0.2, -0.15) is 13.2 Å². The van der Waals surface area contributed by atoms with Gasteiger partial charge < -0.3 is 15.5 Å². The molecule has 8 heteroatoms. The lowest BCUT2D eigenvalue weighted by Gasteiger charge is -2.17. The average molecular weight is 295 g/mol. The molecule has 1 atom stereocenters. The average Bonchev–Trinajstić information content (AvgIpc) is 2.88. The van der Waals surface area contributed by atoms with Crippen LogP contribution in [0, 0.1) is 0 Å². The molecule has 0 aliphatic carbocycles. The first-order valence-electron chi connectivity index (χ1n) is 6.65. The first kappa shape index (κ1) is 16.7. The lowest BCUT2D eigenvalue weighted by Crippen LogP contribution is -2.46. The molecule has 1 unspecified atom stereocenters. The van der Waals surface area contributed by atoms with E-state index in [0.717, 1.165) is 25.9 Å². The van der Waals surface area contributed by atoms with Gasteiger partial charge in [0.2, 0.25) is 11.8 Å². The van der Waals surface area contributed by atoms with Gasteiger partial charge in [-0.3, -0.25) is 9.59 Å². The molecular formula is C12H20F3N3O2. The minimum Gasteiger partial charge on any atom is -0.346 e. The zero-order valence-electron chi connectivity index (χ0n) is 11.4. The maximum Gasteiger partial charge on any atom is 0.405 e. The largest absolute Gasteiger partial charge is 0.405 e. The third-order valence-corrected chi connectivity index (χ3v) is 3.10. The standard InChI is InChI=1S/C12H20F3N3O2/c1-9(11(20)17-8-12(13,14)15)16-5-4-10(19)18-6-2-3-7-18/h9,16H,2-8H2,1H3,(H,17,20). The van der Waals surface area contributed by atoms with Gasteiger partial charge in [-0.25, -0.2) is 0 Å². The van der Waals surface area contributed by atoms with Crippen molar-refractivity contribution < 1.29 is 22.8 Å². The maximum absolute atomic E-state index is 11.9. The van der Waals surface area contributed by atoms with Gasteiger partial charge in [0, 0.05) is 26.1 Å². The van der Waals surface area contributed by atoms with Gasteiger partial charge in [0.25, 0.3) is 0 Å². The minimum atomic E-state index is -4.42. The van der Waals surface area contributed by atoms with Crippen molar-refractivity contribution in [3.63, 3.8) is 0 Å². The Morgan fingerprint density at radius 1 is 1.25 bits per heavy atom. The number of rotatable bonds is 6. The van der Waals surface area contributed by atoms with Gasteiger partial charge in [0.1, 0.15) is 6.54 Å². The molecule has 5 nitrogen and oxygen atoms in total. The number of halogens is 3. The summed E-state index contributed by atoms with van der Waals surface area (Å²) in [7, 11) is 0. The van der Waals surface area contributed by atoms with Crippen LogP contribution in [0.1, 0.15) is 26.2 Å². The molecule has 1 heterocycles. The second-order valence-corrected chi connectivity index (χ2v) is 4.85. The number of amides is 2. The van der Waals surface area contributed by atoms with Gasteiger partial charge in [0.05, 0.1) is 6.04 Å². The summed E-state index contributed by atoms with van der Waals surface area (Å²) < 4.78 is 35.8. The molecule has 0 aromatic rings. The highest BCUT2D eigenvalue weighted by Crippen LogP contribution is 2.12. The molecule has 2 N–H and O–H groups in total. The van der Waals surface area contributed by atoms with Gasteiger partial charge >= 0.3 is 6.18 Å². The van der Waals surface area contributed by atoms with Crippen molar-refractivity contribution in [2.75, 3.05) is 26.2 Å². The van der Waals surface area contributed by atoms with Crippen LogP contribution in [0.25, 0.3) is 0 Å².